The van der Waals surface area contributed by atoms with Crippen LogP contribution < -0.4 is 10.1 Å². The summed E-state index contributed by atoms with van der Waals surface area (Å²) in [7, 11) is 1.64. The molecule has 1 N–H and O–H groups in total. The van der Waals surface area contributed by atoms with E-state index in [1.807, 2.05) is 49.4 Å². The zero-order valence-electron chi connectivity index (χ0n) is 14.3. The molecule has 0 saturated carbocycles. The lowest BCUT2D eigenvalue weighted by Crippen LogP contribution is -2.26. The van der Waals surface area contributed by atoms with Gasteiger partial charge < -0.3 is 10.1 Å². The molecule has 0 aliphatic rings. The Kier molecular flexibility index (Phi) is 5.09. The molecule has 3 rings (SSSR count). The quantitative estimate of drug-likeness (QED) is 0.751. The van der Waals surface area contributed by atoms with Crippen molar-refractivity contribution in [2.45, 2.75) is 13.3 Å². The van der Waals surface area contributed by atoms with E-state index in [1.54, 1.807) is 24.2 Å². The molecular weight excluding hydrogens is 316 g/mol. The Labute approximate surface area is 146 Å². The summed E-state index contributed by atoms with van der Waals surface area (Å²) in [5, 5.41) is 7.21. The number of nitrogens with zero attached hydrogens (tertiary/aromatic N) is 3. The van der Waals surface area contributed by atoms with E-state index >= 15 is 0 Å². The molecule has 0 saturated heterocycles. The SMILES string of the molecule is COc1ccc(CCNC(=O)c2cnn(-c3ccccn3)c2C)cc1. The fraction of sp³-hybridized carbons (Fsp3) is 0.211. The van der Waals surface area contributed by atoms with Gasteiger partial charge in [0.25, 0.3) is 5.91 Å². The lowest BCUT2D eigenvalue weighted by molar-refractivity contribution is 0.0953. The first kappa shape index (κ1) is 16.7. The first-order chi connectivity index (χ1) is 12.2. The predicted octanol–water partition coefficient (Wildman–Crippen LogP) is 2.56. The van der Waals surface area contributed by atoms with Crippen molar-refractivity contribution >= 4 is 5.91 Å². The van der Waals surface area contributed by atoms with Crippen LogP contribution in [0.25, 0.3) is 5.82 Å². The molecule has 6 heteroatoms. The van der Waals surface area contributed by atoms with Crippen molar-refractivity contribution in [1.82, 2.24) is 20.1 Å². The molecule has 0 radical (unpaired) electrons. The van der Waals surface area contributed by atoms with E-state index in [0.717, 1.165) is 23.4 Å². The zero-order valence-corrected chi connectivity index (χ0v) is 14.3. The van der Waals surface area contributed by atoms with Gasteiger partial charge in [0.1, 0.15) is 5.75 Å². The molecule has 0 spiro atoms. The largest absolute Gasteiger partial charge is 0.497 e. The summed E-state index contributed by atoms with van der Waals surface area (Å²) < 4.78 is 6.80. The van der Waals surface area contributed by atoms with Crippen LogP contribution in [0.15, 0.2) is 54.9 Å². The number of pyridine rings is 1. The number of ether oxygens (including phenoxy) is 1. The average molecular weight is 336 g/mol. The highest BCUT2D eigenvalue weighted by Gasteiger charge is 2.15. The number of hydrogen-bond acceptors (Lipinski definition) is 4. The van der Waals surface area contributed by atoms with Gasteiger partial charge in [-0.05, 0) is 43.2 Å². The van der Waals surface area contributed by atoms with Crippen LogP contribution >= 0.6 is 0 Å². The van der Waals surface area contributed by atoms with Crippen LogP contribution in [-0.4, -0.2) is 34.3 Å². The lowest BCUT2D eigenvalue weighted by Gasteiger charge is -2.07. The number of rotatable bonds is 6. The normalized spacial score (nSPS) is 10.5. The van der Waals surface area contributed by atoms with Crippen LogP contribution in [0.3, 0.4) is 0 Å². The van der Waals surface area contributed by atoms with Crippen molar-refractivity contribution in [2.24, 2.45) is 0 Å². The molecule has 2 aromatic heterocycles. The maximum Gasteiger partial charge on any atom is 0.254 e. The number of carbonyl (C=O) groups is 1. The molecule has 0 atom stereocenters. The van der Waals surface area contributed by atoms with Crippen molar-refractivity contribution in [3.8, 4) is 11.6 Å². The molecule has 0 bridgehead atoms. The Morgan fingerprint density at radius 3 is 2.68 bits per heavy atom. The monoisotopic (exact) mass is 336 g/mol. The molecule has 128 valence electrons. The molecule has 0 aliphatic carbocycles. The number of carbonyl (C=O) groups excluding carboxylic acids is 1. The smallest absolute Gasteiger partial charge is 0.254 e. The highest BCUT2D eigenvalue weighted by atomic mass is 16.5. The maximum absolute atomic E-state index is 12.4. The van der Waals surface area contributed by atoms with Crippen molar-refractivity contribution in [1.29, 1.82) is 0 Å². The number of benzene rings is 1. The van der Waals surface area contributed by atoms with Crippen LogP contribution in [-0.2, 0) is 6.42 Å². The third-order valence-corrected chi connectivity index (χ3v) is 3.98. The van der Waals surface area contributed by atoms with Crippen LogP contribution in [0, 0.1) is 6.92 Å². The van der Waals surface area contributed by atoms with E-state index in [2.05, 4.69) is 15.4 Å². The van der Waals surface area contributed by atoms with Gasteiger partial charge in [-0.3, -0.25) is 4.79 Å². The summed E-state index contributed by atoms with van der Waals surface area (Å²) >= 11 is 0. The summed E-state index contributed by atoms with van der Waals surface area (Å²) in [5.41, 5.74) is 2.46. The highest BCUT2D eigenvalue weighted by molar-refractivity contribution is 5.95. The molecule has 2 heterocycles. The van der Waals surface area contributed by atoms with Gasteiger partial charge in [0, 0.05) is 12.7 Å². The van der Waals surface area contributed by atoms with Crippen molar-refractivity contribution in [2.75, 3.05) is 13.7 Å². The highest BCUT2D eigenvalue weighted by Crippen LogP contribution is 2.13. The number of amides is 1. The Morgan fingerprint density at radius 2 is 2.00 bits per heavy atom. The number of nitrogens with one attached hydrogen (secondary N) is 1. The van der Waals surface area contributed by atoms with E-state index in [4.69, 9.17) is 4.74 Å². The minimum atomic E-state index is -0.131. The summed E-state index contributed by atoms with van der Waals surface area (Å²) in [5.74, 6) is 1.39. The maximum atomic E-state index is 12.4. The van der Waals surface area contributed by atoms with Crippen LogP contribution in [0.1, 0.15) is 21.6 Å². The number of methoxy groups -OCH3 is 1. The molecule has 3 aromatic rings. The first-order valence-electron chi connectivity index (χ1n) is 8.06. The topological polar surface area (TPSA) is 69.0 Å². The molecule has 0 unspecified atom stereocenters. The third kappa shape index (κ3) is 3.85. The van der Waals surface area contributed by atoms with Gasteiger partial charge in [-0.1, -0.05) is 18.2 Å². The standard InChI is InChI=1S/C19H20N4O2/c1-14-17(13-22-23(14)18-5-3-4-11-20-18)19(24)21-12-10-15-6-8-16(25-2)9-7-15/h3-9,11,13H,10,12H2,1-2H3,(H,21,24). The van der Waals surface area contributed by atoms with E-state index in [9.17, 15) is 4.79 Å². The van der Waals surface area contributed by atoms with Gasteiger partial charge in [-0.25, -0.2) is 9.67 Å². The zero-order chi connectivity index (χ0) is 17.6. The molecule has 25 heavy (non-hydrogen) atoms. The van der Waals surface area contributed by atoms with Gasteiger partial charge in [-0.2, -0.15) is 5.10 Å². The Morgan fingerprint density at radius 1 is 1.20 bits per heavy atom. The first-order valence-corrected chi connectivity index (χ1v) is 8.06. The molecule has 1 aromatic carbocycles. The van der Waals surface area contributed by atoms with Gasteiger partial charge in [0.2, 0.25) is 0 Å². The van der Waals surface area contributed by atoms with Gasteiger partial charge in [-0.15, -0.1) is 0 Å². The fourth-order valence-electron chi connectivity index (χ4n) is 2.55. The lowest BCUT2D eigenvalue weighted by atomic mass is 10.1. The van der Waals surface area contributed by atoms with E-state index in [0.29, 0.717) is 17.9 Å². The second-order valence-electron chi connectivity index (χ2n) is 5.60. The number of aromatic nitrogens is 3. The minimum absolute atomic E-state index is 0.131. The van der Waals surface area contributed by atoms with E-state index < -0.39 is 0 Å². The Hall–Kier alpha value is -3.15. The van der Waals surface area contributed by atoms with E-state index in [1.165, 1.54) is 0 Å². The molecule has 6 nitrogen and oxygen atoms in total. The summed E-state index contributed by atoms with van der Waals surface area (Å²) in [6.07, 6.45) is 4.03. The van der Waals surface area contributed by atoms with Gasteiger partial charge in [0.15, 0.2) is 5.82 Å². The number of hydrogen-bond donors (Lipinski definition) is 1. The minimum Gasteiger partial charge on any atom is -0.497 e. The molecule has 0 fully saturated rings. The summed E-state index contributed by atoms with van der Waals surface area (Å²) in [4.78, 5) is 16.7. The predicted molar refractivity (Wildman–Crippen MR) is 95.1 cm³/mol. The summed E-state index contributed by atoms with van der Waals surface area (Å²) in [6, 6.07) is 13.4. The molecular formula is C19H20N4O2. The summed E-state index contributed by atoms with van der Waals surface area (Å²) in [6.45, 7) is 2.42. The third-order valence-electron chi connectivity index (χ3n) is 3.98. The Bertz CT molecular complexity index is 842. The molecule has 1 amide bonds. The van der Waals surface area contributed by atoms with Crippen LogP contribution in [0.5, 0.6) is 5.75 Å². The second-order valence-corrected chi connectivity index (χ2v) is 5.60. The second kappa shape index (κ2) is 7.61. The van der Waals surface area contributed by atoms with Crippen molar-refractivity contribution < 1.29 is 9.53 Å². The van der Waals surface area contributed by atoms with Crippen molar-refractivity contribution in [3.63, 3.8) is 0 Å². The van der Waals surface area contributed by atoms with Crippen LogP contribution in [0.2, 0.25) is 0 Å². The Balaban J connectivity index is 1.61. The van der Waals surface area contributed by atoms with Crippen molar-refractivity contribution in [3.05, 3.63) is 71.7 Å². The van der Waals surface area contributed by atoms with Gasteiger partial charge in [0.05, 0.1) is 24.6 Å². The van der Waals surface area contributed by atoms with Crippen LogP contribution in [0.4, 0.5) is 0 Å². The fourth-order valence-corrected chi connectivity index (χ4v) is 2.55. The van der Waals surface area contributed by atoms with E-state index in [-0.39, 0.29) is 5.91 Å². The average Bonchev–Trinajstić information content (AvgIpc) is 3.04. The molecule has 0 aliphatic heterocycles. The van der Waals surface area contributed by atoms with Gasteiger partial charge >= 0.3 is 0 Å².